The number of hydrogen-bond donors (Lipinski definition) is 3. The molecule has 0 aromatic rings. The summed E-state index contributed by atoms with van der Waals surface area (Å²) in [5.74, 6) is -0.744. The molecule has 5 heteroatoms. The monoisotopic (exact) mass is 334 g/mol. The first-order chi connectivity index (χ1) is 11.1. The zero-order chi connectivity index (χ0) is 17.3. The van der Waals surface area contributed by atoms with Gasteiger partial charge in [-0.15, -0.1) is 0 Å². The molecule has 23 heavy (non-hydrogen) atoms. The molecule has 0 aliphatic rings. The molecule has 0 saturated heterocycles. The molecule has 0 bridgehead atoms. The molecule has 0 aromatic heterocycles. The Morgan fingerprint density at radius 3 is 1.52 bits per heavy atom. The van der Waals surface area contributed by atoms with Crippen molar-refractivity contribution in [1.29, 1.82) is 0 Å². The Kier molecular flexibility index (Phi) is 15.7. The van der Waals surface area contributed by atoms with Crippen LogP contribution >= 0.6 is 0 Å². The largest absolute Gasteiger partial charge is 0.481 e. The van der Waals surface area contributed by atoms with Crippen molar-refractivity contribution in [3.8, 4) is 0 Å². The van der Waals surface area contributed by atoms with Gasteiger partial charge in [0.25, 0.3) is 0 Å². The molecule has 0 saturated carbocycles. The van der Waals surface area contributed by atoms with E-state index in [9.17, 15) is 19.4 Å². The Hall–Kier alpha value is -0.680. The summed E-state index contributed by atoms with van der Waals surface area (Å²) in [5, 5.41) is 28.3. The van der Waals surface area contributed by atoms with E-state index in [-0.39, 0.29) is 13.1 Å². The number of carboxylic acids is 1. The first-order valence-electron chi connectivity index (χ1n) is 9.21. The first-order valence-corrected chi connectivity index (χ1v) is 9.21. The van der Waals surface area contributed by atoms with Gasteiger partial charge in [0.2, 0.25) is 0 Å². The number of aliphatic carboxylic acids is 1. The zero-order valence-electron chi connectivity index (χ0n) is 14.4. The molecule has 0 aliphatic heterocycles. The molecule has 3 N–H and O–H groups in total. The van der Waals surface area contributed by atoms with Crippen LogP contribution in [0.4, 0.5) is 4.39 Å². The van der Waals surface area contributed by atoms with Crippen LogP contribution < -0.4 is 0 Å². The van der Waals surface area contributed by atoms with Gasteiger partial charge in [0.1, 0.15) is 0 Å². The van der Waals surface area contributed by atoms with Crippen LogP contribution in [0.1, 0.15) is 89.9 Å². The lowest BCUT2D eigenvalue weighted by Gasteiger charge is -2.17. The van der Waals surface area contributed by atoms with Crippen molar-refractivity contribution in [1.82, 2.24) is 0 Å². The SMILES string of the molecule is O=C(O)CCCCCCCC(O)C(O)CCCCCCCCF. The van der Waals surface area contributed by atoms with Gasteiger partial charge in [0.15, 0.2) is 0 Å². The number of carboxylic acid groups (broad SMARTS) is 1. The Morgan fingerprint density at radius 2 is 1.09 bits per heavy atom. The number of rotatable bonds is 17. The van der Waals surface area contributed by atoms with E-state index in [1.807, 2.05) is 0 Å². The predicted octanol–water partition coefficient (Wildman–Crippen LogP) is 4.22. The summed E-state index contributed by atoms with van der Waals surface area (Å²) in [6, 6.07) is 0. The number of aliphatic hydroxyl groups excluding tert-OH is 2. The van der Waals surface area contributed by atoms with Gasteiger partial charge in [0, 0.05) is 6.42 Å². The fraction of sp³-hybridized carbons (Fsp3) is 0.944. The predicted molar refractivity (Wildman–Crippen MR) is 90.3 cm³/mol. The number of unbranched alkanes of at least 4 members (excludes halogenated alkanes) is 9. The summed E-state index contributed by atoms with van der Waals surface area (Å²) in [6.45, 7) is -0.232. The van der Waals surface area contributed by atoms with Crippen LogP contribution in [0, 0.1) is 0 Å². The minimum absolute atomic E-state index is 0.231. The van der Waals surface area contributed by atoms with Gasteiger partial charge in [-0.05, 0) is 25.7 Å². The standard InChI is InChI=1S/C18H35FO4/c19-15-11-7-2-1-4-8-12-16(20)17(21)13-9-5-3-6-10-14-18(22)23/h16-17,20-21H,1-15H2,(H,22,23). The summed E-state index contributed by atoms with van der Waals surface area (Å²) in [4.78, 5) is 10.4. The molecule has 0 rings (SSSR count). The zero-order valence-corrected chi connectivity index (χ0v) is 14.4. The second-order valence-corrected chi connectivity index (χ2v) is 6.43. The molecule has 2 atom stereocenters. The van der Waals surface area contributed by atoms with E-state index in [1.165, 1.54) is 0 Å². The Morgan fingerprint density at radius 1 is 0.696 bits per heavy atom. The van der Waals surface area contributed by atoms with Crippen molar-refractivity contribution >= 4 is 5.97 Å². The van der Waals surface area contributed by atoms with E-state index < -0.39 is 18.2 Å². The lowest BCUT2D eigenvalue weighted by Crippen LogP contribution is -2.25. The quantitative estimate of drug-likeness (QED) is 0.348. The van der Waals surface area contributed by atoms with Gasteiger partial charge in [-0.3, -0.25) is 9.18 Å². The minimum atomic E-state index is -0.744. The highest BCUT2D eigenvalue weighted by molar-refractivity contribution is 5.66. The maximum Gasteiger partial charge on any atom is 0.303 e. The highest BCUT2D eigenvalue weighted by atomic mass is 19.1. The summed E-state index contributed by atoms with van der Waals surface area (Å²) in [6.07, 6.45) is 10.3. The molecule has 4 nitrogen and oxygen atoms in total. The average molecular weight is 334 g/mol. The van der Waals surface area contributed by atoms with Crippen molar-refractivity contribution in [3.05, 3.63) is 0 Å². The number of alkyl halides is 1. The normalized spacial score (nSPS) is 13.9. The average Bonchev–Trinajstić information content (AvgIpc) is 2.52. The van der Waals surface area contributed by atoms with Gasteiger partial charge in [0.05, 0.1) is 18.9 Å². The van der Waals surface area contributed by atoms with Crippen molar-refractivity contribution in [3.63, 3.8) is 0 Å². The fourth-order valence-electron chi connectivity index (χ4n) is 2.70. The van der Waals surface area contributed by atoms with Crippen LogP contribution in [0.25, 0.3) is 0 Å². The Balaban J connectivity index is 3.37. The van der Waals surface area contributed by atoms with Gasteiger partial charge in [-0.25, -0.2) is 0 Å². The van der Waals surface area contributed by atoms with E-state index in [4.69, 9.17) is 5.11 Å². The Labute approximate surface area is 140 Å². The van der Waals surface area contributed by atoms with Crippen LogP contribution in [0.3, 0.4) is 0 Å². The summed E-state index contributed by atoms with van der Waals surface area (Å²) in [7, 11) is 0. The van der Waals surface area contributed by atoms with Crippen molar-refractivity contribution in [2.75, 3.05) is 6.67 Å². The fourth-order valence-corrected chi connectivity index (χ4v) is 2.70. The highest BCUT2D eigenvalue weighted by Crippen LogP contribution is 2.15. The van der Waals surface area contributed by atoms with Crippen LogP contribution in [0.2, 0.25) is 0 Å². The van der Waals surface area contributed by atoms with Gasteiger partial charge < -0.3 is 15.3 Å². The smallest absolute Gasteiger partial charge is 0.303 e. The maximum absolute atomic E-state index is 11.9. The van der Waals surface area contributed by atoms with E-state index in [2.05, 4.69) is 0 Å². The van der Waals surface area contributed by atoms with E-state index in [0.29, 0.717) is 25.7 Å². The van der Waals surface area contributed by atoms with Gasteiger partial charge in [-0.1, -0.05) is 57.8 Å². The maximum atomic E-state index is 11.9. The van der Waals surface area contributed by atoms with Gasteiger partial charge in [-0.2, -0.15) is 0 Å². The van der Waals surface area contributed by atoms with Crippen molar-refractivity contribution in [2.24, 2.45) is 0 Å². The molecular weight excluding hydrogens is 299 g/mol. The van der Waals surface area contributed by atoms with Crippen molar-refractivity contribution in [2.45, 2.75) is 102 Å². The topological polar surface area (TPSA) is 77.8 Å². The molecule has 0 heterocycles. The van der Waals surface area contributed by atoms with E-state index in [1.54, 1.807) is 0 Å². The van der Waals surface area contributed by atoms with Crippen LogP contribution in [0.15, 0.2) is 0 Å². The molecule has 0 fully saturated rings. The third-order valence-electron chi connectivity index (χ3n) is 4.22. The second kappa shape index (κ2) is 16.2. The van der Waals surface area contributed by atoms with Crippen LogP contribution in [-0.4, -0.2) is 40.2 Å². The summed E-state index contributed by atoms with van der Waals surface area (Å²) in [5.41, 5.74) is 0. The number of halogens is 1. The Bertz CT molecular complexity index is 274. The lowest BCUT2D eigenvalue weighted by atomic mass is 9.99. The third-order valence-corrected chi connectivity index (χ3v) is 4.22. The number of carbonyl (C=O) groups is 1. The third kappa shape index (κ3) is 16.0. The number of aliphatic hydroxyl groups is 2. The first kappa shape index (κ1) is 22.3. The summed E-state index contributed by atoms with van der Waals surface area (Å²) < 4.78 is 11.9. The van der Waals surface area contributed by atoms with Crippen LogP contribution in [0.5, 0.6) is 0 Å². The van der Waals surface area contributed by atoms with E-state index >= 15 is 0 Å². The van der Waals surface area contributed by atoms with Gasteiger partial charge >= 0.3 is 5.97 Å². The summed E-state index contributed by atoms with van der Waals surface area (Å²) >= 11 is 0. The highest BCUT2D eigenvalue weighted by Gasteiger charge is 2.15. The molecule has 0 spiro atoms. The minimum Gasteiger partial charge on any atom is -0.481 e. The molecule has 0 aromatic carbocycles. The molecular formula is C18H35FO4. The molecule has 2 unspecified atom stereocenters. The molecule has 0 radical (unpaired) electrons. The van der Waals surface area contributed by atoms with Crippen LogP contribution in [-0.2, 0) is 4.79 Å². The van der Waals surface area contributed by atoms with E-state index in [0.717, 1.165) is 57.8 Å². The number of hydrogen-bond acceptors (Lipinski definition) is 3. The molecule has 138 valence electrons. The lowest BCUT2D eigenvalue weighted by molar-refractivity contribution is -0.137. The second-order valence-electron chi connectivity index (χ2n) is 6.43. The van der Waals surface area contributed by atoms with Crippen molar-refractivity contribution < 1.29 is 24.5 Å². The molecule has 0 aliphatic carbocycles. The molecule has 0 amide bonds.